The number of esters is 1. The minimum atomic E-state index is -0.352. The molecule has 1 aliphatic heterocycles. The Kier molecular flexibility index (Phi) is 3.06. The fourth-order valence-electron chi connectivity index (χ4n) is 1.28. The summed E-state index contributed by atoms with van der Waals surface area (Å²) in [5, 5.41) is 2.70. The van der Waals surface area contributed by atoms with E-state index in [0.29, 0.717) is 0 Å². The van der Waals surface area contributed by atoms with E-state index in [1.54, 1.807) is 6.08 Å². The molecule has 0 bridgehead atoms. The first-order valence-corrected chi connectivity index (χ1v) is 4.29. The van der Waals surface area contributed by atoms with Crippen LogP contribution < -0.4 is 5.32 Å². The van der Waals surface area contributed by atoms with Crippen molar-refractivity contribution < 1.29 is 14.3 Å². The number of β-lactam (4-membered cyclic amide) rings is 1. The van der Waals surface area contributed by atoms with Gasteiger partial charge in [0.1, 0.15) is 0 Å². The highest BCUT2D eigenvalue weighted by atomic mass is 16.5. The lowest BCUT2D eigenvalue weighted by atomic mass is 9.88. The first kappa shape index (κ1) is 9.77. The van der Waals surface area contributed by atoms with Gasteiger partial charge in [0.2, 0.25) is 5.91 Å². The van der Waals surface area contributed by atoms with Crippen LogP contribution in [0.25, 0.3) is 0 Å². The highest BCUT2D eigenvalue weighted by Crippen LogP contribution is 2.19. The Morgan fingerprint density at radius 1 is 1.69 bits per heavy atom. The van der Waals surface area contributed by atoms with Gasteiger partial charge in [0, 0.05) is 6.92 Å². The Morgan fingerprint density at radius 2 is 2.38 bits per heavy atom. The van der Waals surface area contributed by atoms with Gasteiger partial charge in [-0.25, -0.2) is 0 Å². The van der Waals surface area contributed by atoms with Gasteiger partial charge < -0.3 is 10.1 Å². The average molecular weight is 183 g/mol. The zero-order chi connectivity index (χ0) is 9.84. The van der Waals surface area contributed by atoms with Gasteiger partial charge in [-0.3, -0.25) is 9.59 Å². The molecule has 1 fully saturated rings. The minimum Gasteiger partial charge on any atom is -0.435 e. The van der Waals surface area contributed by atoms with E-state index < -0.39 is 0 Å². The maximum atomic E-state index is 10.9. The summed E-state index contributed by atoms with van der Waals surface area (Å²) >= 11 is 0. The Labute approximate surface area is 76.9 Å². The van der Waals surface area contributed by atoms with Crippen LogP contribution in [0, 0.1) is 5.92 Å². The van der Waals surface area contributed by atoms with Crippen molar-refractivity contribution in [3.8, 4) is 0 Å². The van der Waals surface area contributed by atoms with Crippen LogP contribution in [-0.4, -0.2) is 17.9 Å². The number of carbonyl (C=O) groups excluding carboxylic acids is 2. The van der Waals surface area contributed by atoms with Crippen molar-refractivity contribution in [1.82, 2.24) is 5.32 Å². The van der Waals surface area contributed by atoms with Gasteiger partial charge in [-0.1, -0.05) is 6.92 Å². The van der Waals surface area contributed by atoms with Gasteiger partial charge in [0.15, 0.2) is 0 Å². The van der Waals surface area contributed by atoms with Gasteiger partial charge in [0.25, 0.3) is 0 Å². The maximum Gasteiger partial charge on any atom is 0.307 e. The summed E-state index contributed by atoms with van der Waals surface area (Å²) in [6.45, 7) is 3.29. The quantitative estimate of drug-likeness (QED) is 0.396. The van der Waals surface area contributed by atoms with Gasteiger partial charge in [-0.15, -0.1) is 0 Å². The van der Waals surface area contributed by atoms with Crippen LogP contribution in [0.1, 0.15) is 20.3 Å². The zero-order valence-corrected chi connectivity index (χ0v) is 7.74. The SMILES string of the molecule is CC[C@H]1C(=O)N[C@H]1C=COC(C)=O. The average Bonchev–Trinajstić information content (AvgIpc) is 2.02. The number of carbonyl (C=O) groups is 2. The summed E-state index contributed by atoms with van der Waals surface area (Å²) in [5.74, 6) is -0.248. The Hall–Kier alpha value is -1.32. The summed E-state index contributed by atoms with van der Waals surface area (Å²) in [7, 11) is 0. The van der Waals surface area contributed by atoms with E-state index in [2.05, 4.69) is 10.1 Å². The lowest BCUT2D eigenvalue weighted by Crippen LogP contribution is -2.56. The largest absolute Gasteiger partial charge is 0.435 e. The van der Waals surface area contributed by atoms with Gasteiger partial charge in [-0.2, -0.15) is 0 Å². The molecule has 4 heteroatoms. The minimum absolute atomic E-state index is 0.0249. The second-order valence-corrected chi connectivity index (χ2v) is 2.99. The summed E-state index contributed by atoms with van der Waals surface area (Å²) in [4.78, 5) is 21.3. The van der Waals surface area contributed by atoms with Gasteiger partial charge in [0.05, 0.1) is 18.2 Å². The molecule has 0 saturated carbocycles. The lowest BCUT2D eigenvalue weighted by Gasteiger charge is -2.33. The molecule has 0 unspecified atom stereocenters. The molecule has 0 aliphatic carbocycles. The summed E-state index contributed by atoms with van der Waals surface area (Å²) in [6.07, 6.45) is 3.83. The highest BCUT2D eigenvalue weighted by Gasteiger charge is 2.35. The number of amides is 1. The van der Waals surface area contributed by atoms with Crippen LogP contribution in [0.15, 0.2) is 12.3 Å². The van der Waals surface area contributed by atoms with E-state index >= 15 is 0 Å². The molecule has 1 heterocycles. The molecule has 1 saturated heterocycles. The third-order valence-corrected chi connectivity index (χ3v) is 2.04. The van der Waals surface area contributed by atoms with Gasteiger partial charge >= 0.3 is 5.97 Å². The topological polar surface area (TPSA) is 55.4 Å². The second-order valence-electron chi connectivity index (χ2n) is 2.99. The van der Waals surface area contributed by atoms with Gasteiger partial charge in [-0.05, 0) is 12.5 Å². The van der Waals surface area contributed by atoms with E-state index in [0.717, 1.165) is 6.42 Å². The Bertz CT molecular complexity index is 247. The fraction of sp³-hybridized carbons (Fsp3) is 0.556. The molecule has 13 heavy (non-hydrogen) atoms. The van der Waals surface area contributed by atoms with E-state index in [4.69, 9.17) is 0 Å². The Balaban J connectivity index is 2.34. The van der Waals surface area contributed by atoms with Crippen molar-refractivity contribution in [3.05, 3.63) is 12.3 Å². The monoisotopic (exact) mass is 183 g/mol. The van der Waals surface area contributed by atoms with E-state index in [9.17, 15) is 9.59 Å². The third-order valence-electron chi connectivity index (χ3n) is 2.04. The van der Waals surface area contributed by atoms with Crippen molar-refractivity contribution in [2.75, 3.05) is 0 Å². The van der Waals surface area contributed by atoms with Crippen LogP contribution in [0.5, 0.6) is 0 Å². The van der Waals surface area contributed by atoms with Crippen molar-refractivity contribution in [2.24, 2.45) is 5.92 Å². The standard InChI is InChI=1S/C9H13NO3/c1-3-7-8(10-9(7)12)4-5-13-6(2)11/h4-5,7-8H,3H2,1-2H3,(H,10,12)/t7-,8+/m1/s1. The molecule has 0 aromatic heterocycles. The van der Waals surface area contributed by atoms with E-state index in [1.807, 2.05) is 6.92 Å². The molecule has 1 N–H and O–H groups in total. The van der Waals surface area contributed by atoms with E-state index in [1.165, 1.54) is 13.2 Å². The summed E-state index contributed by atoms with van der Waals surface area (Å²) in [6, 6.07) is 0.0249. The molecule has 2 atom stereocenters. The number of rotatable bonds is 3. The Morgan fingerprint density at radius 3 is 2.85 bits per heavy atom. The van der Waals surface area contributed by atoms with Crippen molar-refractivity contribution >= 4 is 11.9 Å². The van der Waals surface area contributed by atoms with Crippen LogP contribution in [-0.2, 0) is 14.3 Å². The molecule has 1 amide bonds. The molecular weight excluding hydrogens is 170 g/mol. The summed E-state index contributed by atoms with van der Waals surface area (Å²) in [5.41, 5.74) is 0. The highest BCUT2D eigenvalue weighted by molar-refractivity contribution is 5.86. The number of nitrogens with one attached hydrogen (secondary N) is 1. The second kappa shape index (κ2) is 4.07. The van der Waals surface area contributed by atoms with Crippen molar-refractivity contribution in [3.63, 3.8) is 0 Å². The van der Waals surface area contributed by atoms with Crippen molar-refractivity contribution in [1.29, 1.82) is 0 Å². The fourth-order valence-corrected chi connectivity index (χ4v) is 1.28. The molecule has 0 radical (unpaired) electrons. The molecular formula is C9H13NO3. The van der Waals surface area contributed by atoms with Crippen molar-refractivity contribution in [2.45, 2.75) is 26.3 Å². The zero-order valence-electron chi connectivity index (χ0n) is 7.74. The molecule has 72 valence electrons. The third kappa shape index (κ3) is 2.31. The molecule has 4 nitrogen and oxygen atoms in total. The van der Waals surface area contributed by atoms with E-state index in [-0.39, 0.29) is 23.8 Å². The smallest absolute Gasteiger partial charge is 0.307 e. The first-order chi connectivity index (χ1) is 6.15. The predicted molar refractivity (Wildman–Crippen MR) is 46.6 cm³/mol. The maximum absolute atomic E-state index is 10.9. The molecule has 0 aromatic rings. The predicted octanol–water partition coefficient (Wildman–Crippen LogP) is 0.588. The van der Waals surface area contributed by atoms with Crippen LogP contribution in [0.3, 0.4) is 0 Å². The molecule has 0 aromatic carbocycles. The number of hydrogen-bond acceptors (Lipinski definition) is 3. The van der Waals surface area contributed by atoms with Crippen LogP contribution in [0.4, 0.5) is 0 Å². The molecule has 0 spiro atoms. The van der Waals surface area contributed by atoms with Crippen LogP contribution >= 0.6 is 0 Å². The number of hydrogen-bond donors (Lipinski definition) is 1. The summed E-state index contributed by atoms with van der Waals surface area (Å²) < 4.78 is 4.61. The molecule has 1 aliphatic rings. The lowest BCUT2D eigenvalue weighted by molar-refractivity contribution is -0.135. The molecule has 1 rings (SSSR count). The number of ether oxygens (including phenoxy) is 1. The first-order valence-electron chi connectivity index (χ1n) is 4.29. The van der Waals surface area contributed by atoms with Crippen LogP contribution in [0.2, 0.25) is 0 Å². The normalized spacial score (nSPS) is 26.8.